The Morgan fingerprint density at radius 2 is 1.48 bits per heavy atom. The van der Waals surface area contributed by atoms with Crippen LogP contribution in [0.3, 0.4) is 0 Å². The molecule has 7 nitrogen and oxygen atoms in total. The summed E-state index contributed by atoms with van der Waals surface area (Å²) in [4.78, 5) is 34.9. The lowest BCUT2D eigenvalue weighted by atomic mass is 9.98. The minimum Gasteiger partial charge on any atom is -0.478 e. The van der Waals surface area contributed by atoms with Crippen LogP contribution in [0.1, 0.15) is 22.6 Å². The van der Waals surface area contributed by atoms with E-state index in [1.807, 2.05) is 36.4 Å². The molecule has 1 aliphatic carbocycles. The molecule has 0 saturated heterocycles. The molecule has 33 heavy (non-hydrogen) atoms. The van der Waals surface area contributed by atoms with E-state index in [1.165, 1.54) is 6.08 Å². The Bertz CT molecular complexity index is 1170. The fraction of sp³-hybridized carbons (Fsp3) is 0.115. The maximum Gasteiger partial charge on any atom is 0.407 e. The first kappa shape index (κ1) is 21.8. The molecule has 0 fully saturated rings. The van der Waals surface area contributed by atoms with Crippen LogP contribution in [-0.4, -0.2) is 36.2 Å². The van der Waals surface area contributed by atoms with Gasteiger partial charge in [-0.25, -0.2) is 9.59 Å². The molecule has 0 saturated carbocycles. The zero-order valence-electron chi connectivity index (χ0n) is 17.7. The van der Waals surface area contributed by atoms with Crippen molar-refractivity contribution in [2.45, 2.75) is 5.92 Å². The molecule has 0 radical (unpaired) electrons. The smallest absolute Gasteiger partial charge is 0.407 e. The van der Waals surface area contributed by atoms with Gasteiger partial charge in [-0.05, 0) is 46.0 Å². The highest BCUT2D eigenvalue weighted by molar-refractivity contribution is 5.94. The summed E-state index contributed by atoms with van der Waals surface area (Å²) in [7, 11) is 0. The highest BCUT2D eigenvalue weighted by Crippen LogP contribution is 2.44. The molecule has 2 amide bonds. The molecule has 4 rings (SSSR count). The van der Waals surface area contributed by atoms with Crippen LogP contribution >= 0.6 is 0 Å². The summed E-state index contributed by atoms with van der Waals surface area (Å²) in [6.07, 6.45) is 1.82. The van der Waals surface area contributed by atoms with Gasteiger partial charge in [0.05, 0.1) is 0 Å². The Balaban J connectivity index is 1.27. The summed E-state index contributed by atoms with van der Waals surface area (Å²) in [5, 5.41) is 13.8. The fourth-order valence-corrected chi connectivity index (χ4v) is 3.85. The van der Waals surface area contributed by atoms with Crippen LogP contribution in [0, 0.1) is 0 Å². The van der Waals surface area contributed by atoms with Crippen LogP contribution in [0.25, 0.3) is 17.2 Å². The average molecular weight is 442 g/mol. The van der Waals surface area contributed by atoms with Crippen molar-refractivity contribution in [2.75, 3.05) is 18.5 Å². The Morgan fingerprint density at radius 1 is 0.879 bits per heavy atom. The van der Waals surface area contributed by atoms with Crippen molar-refractivity contribution in [3.8, 4) is 11.1 Å². The number of nitrogens with one attached hydrogen (secondary N) is 2. The Labute approximate surface area is 190 Å². The van der Waals surface area contributed by atoms with Gasteiger partial charge in [-0.15, -0.1) is 0 Å². The highest BCUT2D eigenvalue weighted by atomic mass is 16.5. The van der Waals surface area contributed by atoms with Gasteiger partial charge in [0, 0.05) is 17.7 Å². The van der Waals surface area contributed by atoms with Crippen molar-refractivity contribution >= 4 is 29.7 Å². The summed E-state index contributed by atoms with van der Waals surface area (Å²) in [6, 6.07) is 22.8. The summed E-state index contributed by atoms with van der Waals surface area (Å²) in [6.45, 7) is -0.0653. The zero-order valence-corrected chi connectivity index (χ0v) is 17.7. The van der Waals surface area contributed by atoms with E-state index < -0.39 is 18.0 Å². The SMILES string of the molecule is O=C(O)/C=C/c1ccc(NC(=O)CNC(=O)OCC2c3ccccc3-c3ccccc32)cc1. The highest BCUT2D eigenvalue weighted by Gasteiger charge is 2.29. The third-order valence-electron chi connectivity index (χ3n) is 5.35. The van der Waals surface area contributed by atoms with Gasteiger partial charge in [0.1, 0.15) is 13.2 Å². The van der Waals surface area contributed by atoms with Crippen molar-refractivity contribution in [3.63, 3.8) is 0 Å². The quantitative estimate of drug-likeness (QED) is 0.474. The summed E-state index contributed by atoms with van der Waals surface area (Å²) in [5.74, 6) is -1.49. The maximum absolute atomic E-state index is 12.2. The van der Waals surface area contributed by atoms with E-state index in [2.05, 4.69) is 22.8 Å². The molecule has 0 atom stereocenters. The number of carbonyl (C=O) groups excluding carboxylic acids is 2. The van der Waals surface area contributed by atoms with E-state index in [0.717, 1.165) is 28.3 Å². The van der Waals surface area contributed by atoms with E-state index in [4.69, 9.17) is 9.84 Å². The molecule has 0 unspecified atom stereocenters. The van der Waals surface area contributed by atoms with Crippen molar-refractivity contribution in [2.24, 2.45) is 0 Å². The number of carboxylic acid groups (broad SMARTS) is 1. The third-order valence-corrected chi connectivity index (χ3v) is 5.35. The second-order valence-corrected chi connectivity index (χ2v) is 7.52. The molecule has 1 aliphatic rings. The molecule has 3 aromatic rings. The maximum atomic E-state index is 12.2. The number of carbonyl (C=O) groups is 3. The summed E-state index contributed by atoms with van der Waals surface area (Å²) < 4.78 is 5.42. The van der Waals surface area contributed by atoms with Gasteiger partial charge in [-0.2, -0.15) is 0 Å². The van der Waals surface area contributed by atoms with Gasteiger partial charge >= 0.3 is 12.1 Å². The lowest BCUT2D eigenvalue weighted by Gasteiger charge is -2.14. The molecular formula is C26H22N2O5. The van der Waals surface area contributed by atoms with Crippen LogP contribution in [-0.2, 0) is 14.3 Å². The number of alkyl carbamates (subject to hydrolysis) is 1. The third kappa shape index (κ3) is 5.27. The molecule has 0 heterocycles. The van der Waals surface area contributed by atoms with Crippen LogP contribution in [0.2, 0.25) is 0 Å². The van der Waals surface area contributed by atoms with Gasteiger partial charge in [-0.3, -0.25) is 4.79 Å². The van der Waals surface area contributed by atoms with Crippen LogP contribution in [0.4, 0.5) is 10.5 Å². The standard InChI is InChI=1S/C26H22N2O5/c29-24(28-18-12-9-17(10-13-18)11-14-25(30)31)15-27-26(32)33-16-23-21-7-3-1-5-19(21)20-6-2-4-8-22(20)23/h1-14,23H,15-16H2,(H,27,32)(H,28,29)(H,30,31)/b14-11+. The van der Waals surface area contributed by atoms with Crippen molar-refractivity contribution in [3.05, 3.63) is 95.6 Å². The van der Waals surface area contributed by atoms with E-state index in [-0.39, 0.29) is 19.1 Å². The van der Waals surface area contributed by atoms with Crippen molar-refractivity contribution in [1.82, 2.24) is 5.32 Å². The first-order chi connectivity index (χ1) is 16.0. The normalized spacial score (nSPS) is 12.1. The van der Waals surface area contributed by atoms with Gasteiger partial charge in [0.15, 0.2) is 0 Å². The Morgan fingerprint density at radius 3 is 2.09 bits per heavy atom. The summed E-state index contributed by atoms with van der Waals surface area (Å²) >= 11 is 0. The minimum atomic E-state index is -1.04. The molecule has 166 valence electrons. The van der Waals surface area contributed by atoms with E-state index >= 15 is 0 Å². The second-order valence-electron chi connectivity index (χ2n) is 7.52. The first-order valence-corrected chi connectivity index (χ1v) is 10.4. The number of hydrogen-bond donors (Lipinski definition) is 3. The predicted octanol–water partition coefficient (Wildman–Crippen LogP) is 4.26. The molecule has 0 bridgehead atoms. The van der Waals surface area contributed by atoms with Gasteiger partial charge in [0.25, 0.3) is 0 Å². The number of aliphatic carboxylic acids is 1. The molecule has 0 aliphatic heterocycles. The fourth-order valence-electron chi connectivity index (χ4n) is 3.85. The second kappa shape index (κ2) is 9.82. The summed E-state index contributed by atoms with van der Waals surface area (Å²) in [5.41, 5.74) is 5.74. The number of rotatable bonds is 7. The topological polar surface area (TPSA) is 105 Å². The lowest BCUT2D eigenvalue weighted by Crippen LogP contribution is -2.33. The lowest BCUT2D eigenvalue weighted by molar-refractivity contribution is -0.131. The average Bonchev–Trinajstić information content (AvgIpc) is 3.15. The van der Waals surface area contributed by atoms with Gasteiger partial charge in [0.2, 0.25) is 5.91 Å². The largest absolute Gasteiger partial charge is 0.478 e. The number of fused-ring (bicyclic) bond motifs is 3. The van der Waals surface area contributed by atoms with E-state index in [9.17, 15) is 14.4 Å². The Hall–Kier alpha value is -4.39. The Kier molecular flexibility index (Phi) is 6.50. The monoisotopic (exact) mass is 442 g/mol. The number of amides is 2. The van der Waals surface area contributed by atoms with Crippen LogP contribution in [0.15, 0.2) is 78.9 Å². The molecule has 3 aromatic carbocycles. The molecule has 3 N–H and O–H groups in total. The number of ether oxygens (including phenoxy) is 1. The van der Waals surface area contributed by atoms with E-state index in [1.54, 1.807) is 24.3 Å². The van der Waals surface area contributed by atoms with Gasteiger partial charge in [-0.1, -0.05) is 60.7 Å². The number of hydrogen-bond acceptors (Lipinski definition) is 4. The number of carboxylic acids is 1. The van der Waals surface area contributed by atoms with Crippen LogP contribution in [0.5, 0.6) is 0 Å². The predicted molar refractivity (Wildman–Crippen MR) is 125 cm³/mol. The minimum absolute atomic E-state index is 0.0503. The first-order valence-electron chi connectivity index (χ1n) is 10.4. The zero-order chi connectivity index (χ0) is 23.2. The molecule has 0 spiro atoms. The number of anilines is 1. The molecule has 7 heteroatoms. The van der Waals surface area contributed by atoms with Crippen molar-refractivity contribution in [1.29, 1.82) is 0 Å². The molecule has 0 aromatic heterocycles. The molecular weight excluding hydrogens is 420 g/mol. The van der Waals surface area contributed by atoms with Crippen LogP contribution < -0.4 is 10.6 Å². The number of benzene rings is 3. The van der Waals surface area contributed by atoms with Crippen molar-refractivity contribution < 1.29 is 24.2 Å². The van der Waals surface area contributed by atoms with E-state index in [0.29, 0.717) is 11.3 Å². The van der Waals surface area contributed by atoms with Gasteiger partial charge < -0.3 is 20.5 Å².